The number of rotatable bonds is 2. The van der Waals surface area contributed by atoms with Crippen LogP contribution in [0.2, 0.25) is 0 Å². The van der Waals surface area contributed by atoms with Crippen molar-refractivity contribution in [3.05, 3.63) is 46.5 Å². The number of nitrogens with zero attached hydrogens (tertiary/aromatic N) is 2. The summed E-state index contributed by atoms with van der Waals surface area (Å²) in [5.41, 5.74) is 8.07. The Bertz CT molecular complexity index is 503. The summed E-state index contributed by atoms with van der Waals surface area (Å²) in [5, 5.41) is 0. The van der Waals surface area contributed by atoms with Gasteiger partial charge in [-0.25, -0.2) is 4.98 Å². The van der Waals surface area contributed by atoms with Gasteiger partial charge in [0.25, 0.3) is 0 Å². The SMILES string of the molecule is Cc1nccn1-c1ccc(C(C)N)c(Br)c1. The third kappa shape index (κ3) is 2.03. The normalized spacial score (nSPS) is 12.8. The second-order valence-corrected chi connectivity index (χ2v) is 4.69. The molecular weight excluding hydrogens is 266 g/mol. The zero-order valence-corrected chi connectivity index (χ0v) is 10.9. The van der Waals surface area contributed by atoms with Crippen molar-refractivity contribution in [1.29, 1.82) is 0 Å². The van der Waals surface area contributed by atoms with Crippen molar-refractivity contribution in [2.75, 3.05) is 0 Å². The van der Waals surface area contributed by atoms with Crippen molar-refractivity contribution in [3.8, 4) is 5.69 Å². The van der Waals surface area contributed by atoms with Gasteiger partial charge in [-0.15, -0.1) is 0 Å². The Hall–Kier alpha value is -1.13. The molecule has 1 unspecified atom stereocenters. The first-order chi connectivity index (χ1) is 7.59. The van der Waals surface area contributed by atoms with Crippen LogP contribution in [0.25, 0.3) is 5.69 Å². The van der Waals surface area contributed by atoms with E-state index < -0.39 is 0 Å². The molecule has 0 aliphatic rings. The van der Waals surface area contributed by atoms with Crippen LogP contribution >= 0.6 is 15.9 Å². The van der Waals surface area contributed by atoms with Crippen LogP contribution in [-0.2, 0) is 0 Å². The smallest absolute Gasteiger partial charge is 0.110 e. The van der Waals surface area contributed by atoms with E-state index in [0.717, 1.165) is 21.5 Å². The second kappa shape index (κ2) is 4.39. The van der Waals surface area contributed by atoms with E-state index in [4.69, 9.17) is 5.73 Å². The minimum atomic E-state index is 0.0345. The predicted molar refractivity (Wildman–Crippen MR) is 68.6 cm³/mol. The molecule has 1 heterocycles. The molecule has 2 rings (SSSR count). The summed E-state index contributed by atoms with van der Waals surface area (Å²) in [6.45, 7) is 3.95. The van der Waals surface area contributed by atoms with E-state index in [0.29, 0.717) is 0 Å². The average Bonchev–Trinajstić information content (AvgIpc) is 2.63. The lowest BCUT2D eigenvalue weighted by Gasteiger charge is -2.11. The maximum atomic E-state index is 5.86. The maximum Gasteiger partial charge on any atom is 0.110 e. The molecule has 1 atom stereocenters. The van der Waals surface area contributed by atoms with Gasteiger partial charge in [0.05, 0.1) is 0 Å². The topological polar surface area (TPSA) is 43.8 Å². The van der Waals surface area contributed by atoms with Crippen molar-refractivity contribution < 1.29 is 0 Å². The molecule has 0 aliphatic carbocycles. The highest BCUT2D eigenvalue weighted by molar-refractivity contribution is 9.10. The summed E-state index contributed by atoms with van der Waals surface area (Å²) in [6.07, 6.45) is 3.74. The molecular formula is C12H14BrN3. The molecule has 0 bridgehead atoms. The fraction of sp³-hybridized carbons (Fsp3) is 0.250. The number of halogens is 1. The lowest BCUT2D eigenvalue weighted by Crippen LogP contribution is -2.06. The summed E-state index contributed by atoms with van der Waals surface area (Å²) in [4.78, 5) is 4.20. The van der Waals surface area contributed by atoms with Crippen LogP contribution in [0.5, 0.6) is 0 Å². The zero-order valence-electron chi connectivity index (χ0n) is 9.31. The molecule has 2 aromatic rings. The molecule has 0 saturated carbocycles. The van der Waals surface area contributed by atoms with Gasteiger partial charge in [-0.05, 0) is 31.5 Å². The fourth-order valence-electron chi connectivity index (χ4n) is 1.69. The summed E-state index contributed by atoms with van der Waals surface area (Å²) in [7, 11) is 0. The summed E-state index contributed by atoms with van der Waals surface area (Å²) in [5.74, 6) is 0.973. The lowest BCUT2D eigenvalue weighted by atomic mass is 10.1. The number of benzene rings is 1. The molecule has 2 N–H and O–H groups in total. The van der Waals surface area contributed by atoms with E-state index in [1.54, 1.807) is 6.20 Å². The summed E-state index contributed by atoms with van der Waals surface area (Å²) in [6, 6.07) is 6.20. The highest BCUT2D eigenvalue weighted by Crippen LogP contribution is 2.25. The molecule has 1 aromatic carbocycles. The van der Waals surface area contributed by atoms with Gasteiger partial charge in [-0.1, -0.05) is 22.0 Å². The van der Waals surface area contributed by atoms with Gasteiger partial charge in [-0.3, -0.25) is 0 Å². The molecule has 4 heteroatoms. The van der Waals surface area contributed by atoms with E-state index in [-0.39, 0.29) is 6.04 Å². The highest BCUT2D eigenvalue weighted by Gasteiger charge is 2.07. The largest absolute Gasteiger partial charge is 0.324 e. The number of hydrogen-bond acceptors (Lipinski definition) is 2. The van der Waals surface area contributed by atoms with Gasteiger partial charge >= 0.3 is 0 Å². The third-order valence-electron chi connectivity index (χ3n) is 2.58. The predicted octanol–water partition coefficient (Wildman–Crippen LogP) is 2.96. The third-order valence-corrected chi connectivity index (χ3v) is 3.27. The van der Waals surface area contributed by atoms with Crippen LogP contribution in [-0.4, -0.2) is 9.55 Å². The Morgan fingerprint density at radius 3 is 2.69 bits per heavy atom. The minimum absolute atomic E-state index is 0.0345. The first-order valence-corrected chi connectivity index (χ1v) is 5.94. The van der Waals surface area contributed by atoms with Crippen molar-refractivity contribution in [2.45, 2.75) is 19.9 Å². The fourth-order valence-corrected chi connectivity index (χ4v) is 2.41. The summed E-state index contributed by atoms with van der Waals surface area (Å²) >= 11 is 3.54. The van der Waals surface area contributed by atoms with Gasteiger partial charge < -0.3 is 10.3 Å². The lowest BCUT2D eigenvalue weighted by molar-refractivity contribution is 0.811. The van der Waals surface area contributed by atoms with E-state index in [2.05, 4.69) is 33.0 Å². The van der Waals surface area contributed by atoms with Gasteiger partial charge in [0.15, 0.2) is 0 Å². The average molecular weight is 280 g/mol. The molecule has 0 aliphatic heterocycles. The van der Waals surface area contributed by atoms with E-state index in [9.17, 15) is 0 Å². The van der Waals surface area contributed by atoms with Crippen molar-refractivity contribution in [2.24, 2.45) is 5.73 Å². The van der Waals surface area contributed by atoms with Gasteiger partial charge in [0, 0.05) is 28.6 Å². The molecule has 0 amide bonds. The molecule has 1 aromatic heterocycles. The van der Waals surface area contributed by atoms with Crippen LogP contribution < -0.4 is 5.73 Å². The van der Waals surface area contributed by atoms with Crippen molar-refractivity contribution in [1.82, 2.24) is 9.55 Å². The Balaban J connectivity index is 2.46. The molecule has 3 nitrogen and oxygen atoms in total. The Labute approximate surface area is 103 Å². The number of imidazole rings is 1. The van der Waals surface area contributed by atoms with Crippen molar-refractivity contribution >= 4 is 15.9 Å². The maximum absolute atomic E-state index is 5.86. The van der Waals surface area contributed by atoms with Crippen LogP contribution in [0.1, 0.15) is 24.4 Å². The van der Waals surface area contributed by atoms with Crippen LogP contribution in [0, 0.1) is 6.92 Å². The monoisotopic (exact) mass is 279 g/mol. The van der Waals surface area contributed by atoms with Gasteiger partial charge in [-0.2, -0.15) is 0 Å². The number of nitrogens with two attached hydrogens (primary N) is 1. The zero-order chi connectivity index (χ0) is 11.7. The quantitative estimate of drug-likeness (QED) is 0.919. The van der Waals surface area contributed by atoms with E-state index in [1.807, 2.05) is 30.7 Å². The molecule has 0 saturated heterocycles. The first kappa shape index (κ1) is 11.4. The van der Waals surface area contributed by atoms with E-state index >= 15 is 0 Å². The number of aromatic nitrogens is 2. The van der Waals surface area contributed by atoms with Crippen LogP contribution in [0.3, 0.4) is 0 Å². The first-order valence-electron chi connectivity index (χ1n) is 5.15. The molecule has 0 radical (unpaired) electrons. The number of aryl methyl sites for hydroxylation is 1. The molecule has 16 heavy (non-hydrogen) atoms. The van der Waals surface area contributed by atoms with Crippen LogP contribution in [0.15, 0.2) is 35.1 Å². The highest BCUT2D eigenvalue weighted by atomic mass is 79.9. The van der Waals surface area contributed by atoms with E-state index in [1.165, 1.54) is 0 Å². The Morgan fingerprint density at radius 2 is 2.19 bits per heavy atom. The van der Waals surface area contributed by atoms with Crippen molar-refractivity contribution in [3.63, 3.8) is 0 Å². The molecule has 0 fully saturated rings. The summed E-state index contributed by atoms with van der Waals surface area (Å²) < 4.78 is 3.07. The Kier molecular flexibility index (Phi) is 3.12. The molecule has 84 valence electrons. The van der Waals surface area contributed by atoms with Crippen LogP contribution in [0.4, 0.5) is 0 Å². The minimum Gasteiger partial charge on any atom is -0.324 e. The Morgan fingerprint density at radius 1 is 1.44 bits per heavy atom. The van der Waals surface area contributed by atoms with Gasteiger partial charge in [0.1, 0.15) is 5.82 Å². The molecule has 0 spiro atoms. The van der Waals surface area contributed by atoms with Gasteiger partial charge in [0.2, 0.25) is 0 Å². The second-order valence-electron chi connectivity index (χ2n) is 3.84. The standard InChI is InChI=1S/C12H14BrN3/c1-8(14)11-4-3-10(7-12(11)13)16-6-5-15-9(16)2/h3-8H,14H2,1-2H3. The number of hydrogen-bond donors (Lipinski definition) is 1.